The molecule has 0 saturated carbocycles. The van der Waals surface area contributed by atoms with E-state index in [0.717, 1.165) is 11.3 Å². The van der Waals surface area contributed by atoms with Crippen LogP contribution in [0.4, 0.5) is 16.4 Å². The fourth-order valence-corrected chi connectivity index (χ4v) is 3.17. The van der Waals surface area contributed by atoms with Gasteiger partial charge in [0.15, 0.2) is 0 Å². The lowest BCUT2D eigenvalue weighted by atomic mass is 10.1. The zero-order chi connectivity index (χ0) is 20.8. The minimum absolute atomic E-state index is 0.000649. The van der Waals surface area contributed by atoms with Crippen LogP contribution in [0.2, 0.25) is 0 Å². The summed E-state index contributed by atoms with van der Waals surface area (Å²) in [7, 11) is 0. The van der Waals surface area contributed by atoms with E-state index < -0.39 is 0 Å². The summed E-state index contributed by atoms with van der Waals surface area (Å²) in [6.45, 7) is 7.37. The number of aromatic nitrogens is 2. The predicted molar refractivity (Wildman–Crippen MR) is 110 cm³/mol. The van der Waals surface area contributed by atoms with Gasteiger partial charge in [-0.3, -0.25) is 4.79 Å². The number of carbonyl (C=O) groups is 2. The van der Waals surface area contributed by atoms with E-state index in [2.05, 4.69) is 27.5 Å². The van der Waals surface area contributed by atoms with Crippen LogP contribution in [0, 0.1) is 13.8 Å². The van der Waals surface area contributed by atoms with E-state index in [-0.39, 0.29) is 18.0 Å². The molecular formula is C21H27N5O3. The van der Waals surface area contributed by atoms with Crippen molar-refractivity contribution in [3.05, 3.63) is 47.3 Å². The van der Waals surface area contributed by atoms with Crippen molar-refractivity contribution in [3.8, 4) is 0 Å². The van der Waals surface area contributed by atoms with Crippen molar-refractivity contribution in [3.63, 3.8) is 0 Å². The van der Waals surface area contributed by atoms with Gasteiger partial charge in [-0.25, -0.2) is 14.8 Å². The molecule has 1 aromatic heterocycles. The standard InChI is InChI=1S/C21H27N5O3/c1-4-29-21(28)26-11-8-16(9-12-26)23-19(27)18-7-10-22-20(25-18)24-17-6-5-14(2)15(3)13-17/h5-7,10,13,16H,4,8-9,11-12H2,1-3H3,(H,23,27)(H,22,24,25). The number of benzene rings is 1. The highest BCUT2D eigenvalue weighted by atomic mass is 16.6. The Balaban J connectivity index is 1.57. The number of piperidine rings is 1. The molecule has 2 aromatic rings. The van der Waals surface area contributed by atoms with Gasteiger partial charge in [0.05, 0.1) is 6.61 Å². The summed E-state index contributed by atoms with van der Waals surface area (Å²) in [5, 5.41) is 6.14. The van der Waals surface area contributed by atoms with Crippen molar-refractivity contribution in [1.82, 2.24) is 20.2 Å². The molecule has 0 spiro atoms. The molecule has 1 aliphatic rings. The molecule has 8 nitrogen and oxygen atoms in total. The van der Waals surface area contributed by atoms with Crippen LogP contribution in [0.5, 0.6) is 0 Å². The van der Waals surface area contributed by atoms with Gasteiger partial charge in [0.2, 0.25) is 5.95 Å². The van der Waals surface area contributed by atoms with Crippen molar-refractivity contribution >= 4 is 23.6 Å². The zero-order valence-corrected chi connectivity index (χ0v) is 17.1. The highest BCUT2D eigenvalue weighted by Crippen LogP contribution is 2.17. The number of carbonyl (C=O) groups excluding carboxylic acids is 2. The first-order chi connectivity index (χ1) is 14.0. The quantitative estimate of drug-likeness (QED) is 0.804. The molecule has 0 atom stereocenters. The number of anilines is 2. The SMILES string of the molecule is CCOC(=O)N1CCC(NC(=O)c2ccnc(Nc3ccc(C)c(C)c3)n2)CC1. The number of nitrogens with zero attached hydrogens (tertiary/aromatic N) is 3. The van der Waals surface area contributed by atoms with Gasteiger partial charge in [0.25, 0.3) is 5.91 Å². The lowest BCUT2D eigenvalue weighted by molar-refractivity contribution is 0.0856. The average Bonchev–Trinajstić information content (AvgIpc) is 2.72. The van der Waals surface area contributed by atoms with Gasteiger partial charge in [-0.2, -0.15) is 0 Å². The maximum atomic E-state index is 12.6. The highest BCUT2D eigenvalue weighted by Gasteiger charge is 2.25. The van der Waals surface area contributed by atoms with Crippen molar-refractivity contribution in [2.24, 2.45) is 0 Å². The zero-order valence-electron chi connectivity index (χ0n) is 17.1. The van der Waals surface area contributed by atoms with E-state index in [4.69, 9.17) is 4.74 Å². The third-order valence-corrected chi connectivity index (χ3v) is 5.01. The molecule has 0 bridgehead atoms. The van der Waals surface area contributed by atoms with Gasteiger partial charge in [0, 0.05) is 31.0 Å². The van der Waals surface area contributed by atoms with Gasteiger partial charge in [0.1, 0.15) is 5.69 Å². The van der Waals surface area contributed by atoms with E-state index in [1.165, 1.54) is 5.56 Å². The van der Waals surface area contributed by atoms with Crippen LogP contribution in [-0.4, -0.2) is 52.6 Å². The maximum Gasteiger partial charge on any atom is 0.409 e. The minimum atomic E-state index is -0.296. The summed E-state index contributed by atoms with van der Waals surface area (Å²) in [4.78, 5) is 34.6. The largest absolute Gasteiger partial charge is 0.450 e. The van der Waals surface area contributed by atoms with Crippen LogP contribution >= 0.6 is 0 Å². The number of hydrogen-bond acceptors (Lipinski definition) is 6. The third-order valence-electron chi connectivity index (χ3n) is 5.01. The van der Waals surface area contributed by atoms with Crippen molar-refractivity contribution in [2.45, 2.75) is 39.7 Å². The molecule has 3 rings (SSSR count). The van der Waals surface area contributed by atoms with Crippen LogP contribution < -0.4 is 10.6 Å². The molecule has 29 heavy (non-hydrogen) atoms. The van der Waals surface area contributed by atoms with E-state index in [9.17, 15) is 9.59 Å². The van der Waals surface area contributed by atoms with Crippen LogP contribution in [0.3, 0.4) is 0 Å². The van der Waals surface area contributed by atoms with Crippen LogP contribution in [0.25, 0.3) is 0 Å². The Morgan fingerprint density at radius 1 is 1.17 bits per heavy atom. The van der Waals surface area contributed by atoms with Crippen molar-refractivity contribution in [2.75, 3.05) is 25.0 Å². The second-order valence-electron chi connectivity index (χ2n) is 7.12. The topological polar surface area (TPSA) is 96.5 Å². The first kappa shape index (κ1) is 20.6. The Hall–Kier alpha value is -3.16. The van der Waals surface area contributed by atoms with Gasteiger partial charge in [-0.15, -0.1) is 0 Å². The number of hydrogen-bond donors (Lipinski definition) is 2. The molecule has 0 unspecified atom stereocenters. The van der Waals surface area contributed by atoms with Gasteiger partial charge in [-0.05, 0) is 62.9 Å². The Morgan fingerprint density at radius 2 is 1.93 bits per heavy atom. The summed E-state index contributed by atoms with van der Waals surface area (Å²) in [5.41, 5.74) is 3.55. The fourth-order valence-electron chi connectivity index (χ4n) is 3.17. The van der Waals surface area contributed by atoms with E-state index in [1.54, 1.807) is 24.1 Å². The van der Waals surface area contributed by atoms with E-state index in [0.29, 0.717) is 44.2 Å². The summed E-state index contributed by atoms with van der Waals surface area (Å²) >= 11 is 0. The van der Waals surface area contributed by atoms with E-state index >= 15 is 0 Å². The minimum Gasteiger partial charge on any atom is -0.450 e. The van der Waals surface area contributed by atoms with Crippen molar-refractivity contribution < 1.29 is 14.3 Å². The number of likely N-dealkylation sites (tertiary alicyclic amines) is 1. The molecule has 2 amide bonds. The van der Waals surface area contributed by atoms with Crippen molar-refractivity contribution in [1.29, 1.82) is 0 Å². The van der Waals surface area contributed by atoms with Crippen LogP contribution in [0.15, 0.2) is 30.5 Å². The molecule has 1 fully saturated rings. The van der Waals surface area contributed by atoms with Gasteiger partial charge < -0.3 is 20.3 Å². The van der Waals surface area contributed by atoms with Crippen LogP contribution in [0.1, 0.15) is 41.4 Å². The predicted octanol–water partition coefficient (Wildman–Crippen LogP) is 3.19. The number of nitrogens with one attached hydrogen (secondary N) is 2. The fraction of sp³-hybridized carbons (Fsp3) is 0.429. The number of aryl methyl sites for hydroxylation is 2. The smallest absolute Gasteiger partial charge is 0.409 e. The molecule has 1 aliphatic heterocycles. The lowest BCUT2D eigenvalue weighted by Gasteiger charge is -2.31. The highest BCUT2D eigenvalue weighted by molar-refractivity contribution is 5.92. The van der Waals surface area contributed by atoms with E-state index in [1.807, 2.05) is 25.1 Å². The Labute approximate surface area is 170 Å². The molecule has 154 valence electrons. The maximum absolute atomic E-state index is 12.6. The first-order valence-corrected chi connectivity index (χ1v) is 9.86. The monoisotopic (exact) mass is 397 g/mol. The molecule has 2 heterocycles. The Bertz CT molecular complexity index is 878. The molecule has 1 aromatic carbocycles. The number of rotatable bonds is 5. The molecule has 0 radical (unpaired) electrons. The number of ether oxygens (including phenoxy) is 1. The second kappa shape index (κ2) is 9.36. The molecular weight excluding hydrogens is 370 g/mol. The summed E-state index contributed by atoms with van der Waals surface area (Å²) < 4.78 is 5.02. The second-order valence-corrected chi connectivity index (χ2v) is 7.12. The molecule has 2 N–H and O–H groups in total. The molecule has 0 aliphatic carbocycles. The summed E-state index contributed by atoms with van der Waals surface area (Å²) in [6, 6.07) is 7.59. The average molecular weight is 397 g/mol. The first-order valence-electron chi connectivity index (χ1n) is 9.86. The normalized spacial score (nSPS) is 14.4. The lowest BCUT2D eigenvalue weighted by Crippen LogP contribution is -2.46. The molecule has 8 heteroatoms. The Kier molecular flexibility index (Phi) is 6.64. The number of amides is 2. The Morgan fingerprint density at radius 3 is 2.62 bits per heavy atom. The van der Waals surface area contributed by atoms with Crippen LogP contribution in [-0.2, 0) is 4.74 Å². The summed E-state index contributed by atoms with van der Waals surface area (Å²) in [6.07, 6.45) is 2.64. The third kappa shape index (κ3) is 5.43. The summed E-state index contributed by atoms with van der Waals surface area (Å²) in [5.74, 6) is 0.128. The molecule has 1 saturated heterocycles. The van der Waals surface area contributed by atoms with Gasteiger partial charge >= 0.3 is 6.09 Å². The van der Waals surface area contributed by atoms with Gasteiger partial charge in [-0.1, -0.05) is 6.07 Å².